The summed E-state index contributed by atoms with van der Waals surface area (Å²) in [7, 11) is 4.22. The van der Waals surface area contributed by atoms with Crippen molar-refractivity contribution >= 4 is 11.8 Å². The van der Waals surface area contributed by atoms with Crippen molar-refractivity contribution in [2.75, 3.05) is 7.05 Å². The molecule has 120 valence electrons. The fraction of sp³-hybridized carbons (Fsp3) is 0.824. The zero-order valence-electron chi connectivity index (χ0n) is 13.7. The quantitative estimate of drug-likeness (QED) is 0.898. The van der Waals surface area contributed by atoms with Crippen molar-refractivity contribution in [1.29, 1.82) is 0 Å². The van der Waals surface area contributed by atoms with Crippen LogP contribution >= 0.6 is 11.8 Å². The van der Waals surface area contributed by atoms with Crippen LogP contribution in [0, 0.1) is 0 Å². The molecule has 21 heavy (non-hydrogen) atoms. The summed E-state index contributed by atoms with van der Waals surface area (Å²) in [5, 5.41) is 5.39. The average molecular weight is 310 g/mol. The van der Waals surface area contributed by atoms with Crippen LogP contribution in [-0.4, -0.2) is 27.9 Å². The maximum Gasteiger partial charge on any atom is 0.167 e. The van der Waals surface area contributed by atoms with Crippen molar-refractivity contribution in [2.45, 2.75) is 80.7 Å². The van der Waals surface area contributed by atoms with Gasteiger partial charge in [-0.3, -0.25) is 0 Å². The van der Waals surface area contributed by atoms with E-state index in [2.05, 4.69) is 29.0 Å². The van der Waals surface area contributed by atoms with E-state index in [0.717, 1.165) is 5.16 Å². The van der Waals surface area contributed by atoms with Crippen molar-refractivity contribution in [1.82, 2.24) is 14.9 Å². The maximum absolute atomic E-state index is 4.51. The minimum absolute atomic E-state index is 0.617. The summed E-state index contributed by atoms with van der Waals surface area (Å²) in [5.41, 5.74) is 0. The van der Waals surface area contributed by atoms with Gasteiger partial charge in [0.2, 0.25) is 0 Å². The van der Waals surface area contributed by atoms with E-state index in [-0.39, 0.29) is 0 Å². The van der Waals surface area contributed by atoms with Crippen molar-refractivity contribution in [3.8, 4) is 0 Å². The van der Waals surface area contributed by atoms with E-state index < -0.39 is 0 Å². The molecule has 1 heterocycles. The highest BCUT2D eigenvalue weighted by atomic mass is 32.2. The van der Waals surface area contributed by atoms with Crippen molar-refractivity contribution < 1.29 is 0 Å². The second kappa shape index (κ2) is 9.52. The van der Waals surface area contributed by atoms with Gasteiger partial charge in [0.05, 0.1) is 0 Å². The molecule has 0 saturated heterocycles. The van der Waals surface area contributed by atoms with Crippen molar-refractivity contribution in [3.05, 3.63) is 12.4 Å². The lowest BCUT2D eigenvalue weighted by atomic mass is 9.97. The number of rotatable bonds is 3. The molecule has 2 unspecified atom stereocenters. The van der Waals surface area contributed by atoms with E-state index in [1.54, 1.807) is 0 Å². The fourth-order valence-electron chi connectivity index (χ4n) is 3.23. The second-order valence-electron chi connectivity index (χ2n) is 6.28. The lowest BCUT2D eigenvalue weighted by Crippen LogP contribution is -2.36. The Morgan fingerprint density at radius 1 is 1.05 bits per heavy atom. The minimum Gasteiger partial charge on any atom is -0.329 e. The Hall–Kier alpha value is -0.480. The molecule has 1 aromatic heterocycles. The molecule has 0 aliphatic heterocycles. The summed E-state index contributed by atoms with van der Waals surface area (Å²) in [5.74, 6) is 0. The van der Waals surface area contributed by atoms with Gasteiger partial charge in [0, 0.05) is 30.7 Å². The monoisotopic (exact) mass is 309 g/mol. The lowest BCUT2D eigenvalue weighted by Gasteiger charge is -2.27. The van der Waals surface area contributed by atoms with Crippen LogP contribution in [0.1, 0.15) is 64.2 Å². The van der Waals surface area contributed by atoms with E-state index in [9.17, 15) is 0 Å². The summed E-state index contributed by atoms with van der Waals surface area (Å²) in [6, 6.07) is 0.617. The standard InChI is InChI=1S/C17H31N3S/c1-18-15-11-9-7-5-3-4-6-8-10-12-16(15)21-17-19-13-14-20(17)2/h13-16,18H,3-12H2,1-2H3. The van der Waals surface area contributed by atoms with Gasteiger partial charge in [0.15, 0.2) is 5.16 Å². The number of hydrogen-bond donors (Lipinski definition) is 1. The first-order valence-electron chi connectivity index (χ1n) is 8.62. The summed E-state index contributed by atoms with van der Waals surface area (Å²) in [6.45, 7) is 0. The number of aryl methyl sites for hydroxylation is 1. The third-order valence-corrected chi connectivity index (χ3v) is 6.08. The first-order valence-corrected chi connectivity index (χ1v) is 9.50. The fourth-order valence-corrected chi connectivity index (χ4v) is 4.57. The van der Waals surface area contributed by atoms with Gasteiger partial charge >= 0.3 is 0 Å². The number of nitrogens with one attached hydrogen (secondary N) is 1. The topological polar surface area (TPSA) is 29.9 Å². The molecule has 0 spiro atoms. The molecule has 1 saturated carbocycles. The predicted molar refractivity (Wildman–Crippen MR) is 91.9 cm³/mol. The predicted octanol–water partition coefficient (Wildman–Crippen LogP) is 4.38. The Morgan fingerprint density at radius 3 is 2.24 bits per heavy atom. The van der Waals surface area contributed by atoms with E-state index in [0.29, 0.717) is 11.3 Å². The molecule has 0 bridgehead atoms. The molecule has 2 rings (SSSR count). The SMILES string of the molecule is CNC1CCCCCCCCCCC1Sc1nccn1C. The van der Waals surface area contributed by atoms with Gasteiger partial charge in [-0.1, -0.05) is 63.1 Å². The van der Waals surface area contributed by atoms with Gasteiger partial charge in [-0.2, -0.15) is 0 Å². The Bertz CT molecular complexity index is 391. The molecule has 2 atom stereocenters. The van der Waals surface area contributed by atoms with Crippen molar-refractivity contribution in [3.63, 3.8) is 0 Å². The van der Waals surface area contributed by atoms with Gasteiger partial charge in [-0.15, -0.1) is 0 Å². The highest BCUT2D eigenvalue weighted by molar-refractivity contribution is 7.99. The number of aromatic nitrogens is 2. The van der Waals surface area contributed by atoms with E-state index in [4.69, 9.17) is 0 Å². The lowest BCUT2D eigenvalue weighted by molar-refractivity contribution is 0.433. The first kappa shape index (κ1) is 16.9. The Labute approximate surface area is 134 Å². The third-order valence-electron chi connectivity index (χ3n) is 4.61. The summed E-state index contributed by atoms with van der Waals surface area (Å²) < 4.78 is 2.15. The molecular weight excluding hydrogens is 278 g/mol. The largest absolute Gasteiger partial charge is 0.329 e. The highest BCUT2D eigenvalue weighted by Gasteiger charge is 2.22. The Balaban J connectivity index is 1.97. The molecule has 1 aliphatic rings. The van der Waals surface area contributed by atoms with Crippen LogP contribution in [0.2, 0.25) is 0 Å². The van der Waals surface area contributed by atoms with Crippen LogP contribution in [0.5, 0.6) is 0 Å². The van der Waals surface area contributed by atoms with Crippen LogP contribution in [0.4, 0.5) is 0 Å². The number of nitrogens with zero attached hydrogens (tertiary/aromatic N) is 2. The van der Waals surface area contributed by atoms with Gasteiger partial charge < -0.3 is 9.88 Å². The number of thioether (sulfide) groups is 1. The zero-order valence-corrected chi connectivity index (χ0v) is 14.5. The minimum atomic E-state index is 0.617. The molecule has 0 amide bonds. The van der Waals surface area contributed by atoms with Gasteiger partial charge in [-0.05, 0) is 19.9 Å². The smallest absolute Gasteiger partial charge is 0.167 e. The molecule has 1 N–H and O–H groups in total. The second-order valence-corrected chi connectivity index (χ2v) is 7.48. The highest BCUT2D eigenvalue weighted by Crippen LogP contribution is 2.30. The number of imidazole rings is 1. The normalized spacial score (nSPS) is 26.0. The molecule has 4 heteroatoms. The van der Waals surface area contributed by atoms with E-state index in [1.807, 2.05) is 24.2 Å². The van der Waals surface area contributed by atoms with Crippen LogP contribution in [-0.2, 0) is 7.05 Å². The van der Waals surface area contributed by atoms with E-state index in [1.165, 1.54) is 64.2 Å². The summed E-state index contributed by atoms with van der Waals surface area (Å²) >= 11 is 1.97. The van der Waals surface area contributed by atoms with E-state index >= 15 is 0 Å². The molecule has 1 aliphatic carbocycles. The molecule has 0 aromatic carbocycles. The molecule has 3 nitrogen and oxygen atoms in total. The van der Waals surface area contributed by atoms with Gasteiger partial charge in [0.25, 0.3) is 0 Å². The average Bonchev–Trinajstić information content (AvgIpc) is 2.87. The molecular formula is C17H31N3S. The third kappa shape index (κ3) is 5.67. The number of hydrogen-bond acceptors (Lipinski definition) is 3. The van der Waals surface area contributed by atoms with Crippen LogP contribution < -0.4 is 5.32 Å². The summed E-state index contributed by atoms with van der Waals surface area (Å²) in [6.07, 6.45) is 17.8. The summed E-state index contributed by atoms with van der Waals surface area (Å²) in [4.78, 5) is 4.51. The first-order chi connectivity index (χ1) is 10.3. The molecule has 1 aromatic rings. The van der Waals surface area contributed by atoms with Crippen molar-refractivity contribution in [2.24, 2.45) is 7.05 Å². The maximum atomic E-state index is 4.51. The molecule has 1 fully saturated rings. The van der Waals surface area contributed by atoms with Crippen LogP contribution in [0.3, 0.4) is 0 Å². The van der Waals surface area contributed by atoms with Gasteiger partial charge in [0.1, 0.15) is 0 Å². The Morgan fingerprint density at radius 2 is 1.67 bits per heavy atom. The van der Waals surface area contributed by atoms with Gasteiger partial charge in [-0.25, -0.2) is 4.98 Å². The molecule has 0 radical (unpaired) electrons. The zero-order chi connectivity index (χ0) is 14.9. The Kier molecular flexibility index (Phi) is 7.65. The van der Waals surface area contributed by atoms with Crippen LogP contribution in [0.25, 0.3) is 0 Å². The van der Waals surface area contributed by atoms with Crippen LogP contribution in [0.15, 0.2) is 17.6 Å².